The Balaban J connectivity index is 0.00000480. The highest BCUT2D eigenvalue weighted by molar-refractivity contribution is 14.0. The van der Waals surface area contributed by atoms with Crippen LogP contribution in [0.4, 0.5) is 0 Å². The molecule has 0 saturated heterocycles. The van der Waals surface area contributed by atoms with Gasteiger partial charge in [0.15, 0.2) is 5.96 Å². The number of benzene rings is 2. The quantitative estimate of drug-likeness (QED) is 0.180. The summed E-state index contributed by atoms with van der Waals surface area (Å²) in [5.74, 6) is 0.658. The van der Waals surface area contributed by atoms with Crippen molar-refractivity contribution < 1.29 is 13.2 Å². The lowest BCUT2D eigenvalue weighted by molar-refractivity contribution is 0.204. The third-order valence-corrected chi connectivity index (χ3v) is 6.20. The van der Waals surface area contributed by atoms with Crippen molar-refractivity contribution in [3.63, 3.8) is 0 Å². The first-order chi connectivity index (χ1) is 14.3. The van der Waals surface area contributed by atoms with Crippen molar-refractivity contribution in [1.82, 2.24) is 15.4 Å². The summed E-state index contributed by atoms with van der Waals surface area (Å²) in [4.78, 5) is 4.50. The van der Waals surface area contributed by atoms with Crippen LogP contribution < -0.4 is 15.4 Å². The van der Waals surface area contributed by atoms with Crippen molar-refractivity contribution >= 4 is 40.0 Å². The second kappa shape index (κ2) is 13.0. The summed E-state index contributed by atoms with van der Waals surface area (Å²) in [6.07, 6.45) is 0. The van der Waals surface area contributed by atoms with Crippen LogP contribution in [0.2, 0.25) is 0 Å². The molecular formula is C22H33IN4O3S. The molecule has 7 nitrogen and oxygen atoms in total. The van der Waals surface area contributed by atoms with Crippen LogP contribution in [0.15, 0.2) is 64.5 Å². The van der Waals surface area contributed by atoms with Crippen molar-refractivity contribution in [3.05, 3.63) is 65.7 Å². The van der Waals surface area contributed by atoms with Crippen molar-refractivity contribution in [2.45, 2.75) is 30.7 Å². The summed E-state index contributed by atoms with van der Waals surface area (Å²) in [5.41, 5.74) is 2.02. The van der Waals surface area contributed by atoms with Gasteiger partial charge in [-0.25, -0.2) is 13.1 Å². The van der Waals surface area contributed by atoms with E-state index in [0.717, 1.165) is 5.56 Å². The molecule has 0 fully saturated rings. The number of hydrogen-bond donors (Lipinski definition) is 3. The van der Waals surface area contributed by atoms with E-state index in [9.17, 15) is 8.42 Å². The highest BCUT2D eigenvalue weighted by atomic mass is 127. The lowest BCUT2D eigenvalue weighted by Crippen LogP contribution is -2.43. The first-order valence-corrected chi connectivity index (χ1v) is 11.3. The number of nitrogens with zero attached hydrogens (tertiary/aromatic N) is 1. The van der Waals surface area contributed by atoms with E-state index in [2.05, 4.69) is 46.3 Å². The van der Waals surface area contributed by atoms with Gasteiger partial charge in [-0.2, -0.15) is 0 Å². The zero-order valence-electron chi connectivity index (χ0n) is 18.5. The zero-order valence-corrected chi connectivity index (χ0v) is 21.7. The van der Waals surface area contributed by atoms with Crippen LogP contribution >= 0.6 is 24.0 Å². The summed E-state index contributed by atoms with van der Waals surface area (Å²) >= 11 is 0. The van der Waals surface area contributed by atoms with Gasteiger partial charge in [0.05, 0.1) is 11.5 Å². The molecule has 0 saturated carbocycles. The molecule has 0 unspecified atom stereocenters. The van der Waals surface area contributed by atoms with Gasteiger partial charge in [-0.1, -0.05) is 56.3 Å². The highest BCUT2D eigenvalue weighted by Gasteiger charge is 2.20. The summed E-state index contributed by atoms with van der Waals surface area (Å²) in [7, 11) is -0.319. The van der Waals surface area contributed by atoms with E-state index in [-0.39, 0.29) is 40.8 Å². The predicted octanol–water partition coefficient (Wildman–Crippen LogP) is 2.87. The molecule has 2 aromatic carbocycles. The summed E-state index contributed by atoms with van der Waals surface area (Å²) < 4.78 is 32.2. The Bertz CT molecular complexity index is 935. The lowest BCUT2D eigenvalue weighted by atomic mass is 9.85. The van der Waals surface area contributed by atoms with Crippen LogP contribution in [0.1, 0.15) is 25.0 Å². The molecule has 0 atom stereocenters. The first kappa shape index (κ1) is 27.3. The molecule has 0 aromatic heterocycles. The molecule has 0 spiro atoms. The van der Waals surface area contributed by atoms with Gasteiger partial charge in [0.25, 0.3) is 0 Å². The van der Waals surface area contributed by atoms with Gasteiger partial charge in [0.1, 0.15) is 0 Å². The number of methoxy groups -OCH3 is 1. The van der Waals surface area contributed by atoms with Crippen LogP contribution in [0.25, 0.3) is 0 Å². The summed E-state index contributed by atoms with van der Waals surface area (Å²) in [6, 6.07) is 17.2. The summed E-state index contributed by atoms with van der Waals surface area (Å²) in [6.45, 7) is 6.05. The molecular weight excluding hydrogens is 527 g/mol. The minimum absolute atomic E-state index is 0. The topological polar surface area (TPSA) is 91.8 Å². The van der Waals surface area contributed by atoms with Crippen LogP contribution in [0, 0.1) is 0 Å². The minimum Gasteiger partial charge on any atom is -0.383 e. The van der Waals surface area contributed by atoms with Gasteiger partial charge in [-0.3, -0.25) is 4.99 Å². The van der Waals surface area contributed by atoms with Gasteiger partial charge >= 0.3 is 0 Å². The largest absolute Gasteiger partial charge is 0.383 e. The van der Waals surface area contributed by atoms with Crippen molar-refractivity contribution in [1.29, 1.82) is 0 Å². The van der Waals surface area contributed by atoms with E-state index in [1.165, 1.54) is 12.7 Å². The minimum atomic E-state index is -3.56. The highest BCUT2D eigenvalue weighted by Crippen LogP contribution is 2.21. The molecule has 2 aromatic rings. The second-order valence-corrected chi connectivity index (χ2v) is 9.33. The maximum atomic E-state index is 12.4. The molecule has 0 heterocycles. The normalized spacial score (nSPS) is 12.2. The third kappa shape index (κ3) is 8.76. The van der Waals surface area contributed by atoms with Gasteiger partial charge in [-0.15, -0.1) is 24.0 Å². The van der Waals surface area contributed by atoms with Gasteiger partial charge < -0.3 is 15.4 Å². The Labute approximate surface area is 203 Å². The smallest absolute Gasteiger partial charge is 0.240 e. The lowest BCUT2D eigenvalue weighted by Gasteiger charge is -2.26. The van der Waals surface area contributed by atoms with Gasteiger partial charge in [-0.05, 0) is 23.3 Å². The number of sulfonamides is 1. The Kier molecular flexibility index (Phi) is 11.5. The first-order valence-electron chi connectivity index (χ1n) is 9.86. The molecule has 9 heteroatoms. The van der Waals surface area contributed by atoms with Crippen molar-refractivity contribution in [2.24, 2.45) is 4.99 Å². The van der Waals surface area contributed by atoms with Gasteiger partial charge in [0.2, 0.25) is 10.0 Å². The molecule has 172 valence electrons. The predicted molar refractivity (Wildman–Crippen MR) is 137 cm³/mol. The molecule has 0 radical (unpaired) electrons. The fourth-order valence-electron chi connectivity index (χ4n) is 2.89. The Morgan fingerprint density at radius 1 is 1.06 bits per heavy atom. The average Bonchev–Trinajstić information content (AvgIpc) is 2.75. The maximum Gasteiger partial charge on any atom is 0.240 e. The van der Waals surface area contributed by atoms with Crippen LogP contribution in [0.3, 0.4) is 0 Å². The molecule has 0 bridgehead atoms. The van der Waals surface area contributed by atoms with E-state index in [1.807, 2.05) is 24.3 Å². The number of nitrogens with one attached hydrogen (secondary N) is 3. The molecule has 0 aliphatic rings. The number of halogens is 1. The van der Waals surface area contributed by atoms with E-state index < -0.39 is 10.0 Å². The van der Waals surface area contributed by atoms with E-state index >= 15 is 0 Å². The average molecular weight is 561 g/mol. The van der Waals surface area contributed by atoms with Crippen LogP contribution in [0.5, 0.6) is 0 Å². The molecule has 3 N–H and O–H groups in total. The number of rotatable bonds is 10. The molecule has 2 rings (SSSR count). The van der Waals surface area contributed by atoms with Crippen LogP contribution in [-0.4, -0.2) is 48.2 Å². The monoisotopic (exact) mass is 560 g/mol. The van der Waals surface area contributed by atoms with Gasteiger partial charge in [0, 0.05) is 39.2 Å². The number of aliphatic imine (C=N–C) groups is 1. The van der Waals surface area contributed by atoms with E-state index in [0.29, 0.717) is 25.7 Å². The Morgan fingerprint density at radius 2 is 1.77 bits per heavy atom. The Morgan fingerprint density at radius 3 is 2.42 bits per heavy atom. The number of ether oxygens (including phenoxy) is 1. The molecule has 0 aliphatic heterocycles. The zero-order chi connectivity index (χ0) is 22.0. The van der Waals surface area contributed by atoms with Crippen LogP contribution in [-0.2, 0) is 26.7 Å². The summed E-state index contributed by atoms with van der Waals surface area (Å²) in [5, 5.41) is 6.60. The fourth-order valence-corrected chi connectivity index (χ4v) is 3.97. The third-order valence-electron chi connectivity index (χ3n) is 4.74. The van der Waals surface area contributed by atoms with Crippen molar-refractivity contribution in [2.75, 3.05) is 33.9 Å². The molecule has 0 aliphatic carbocycles. The van der Waals surface area contributed by atoms with E-state index in [1.54, 1.807) is 25.2 Å². The number of hydrogen-bond acceptors (Lipinski definition) is 4. The van der Waals surface area contributed by atoms with E-state index in [4.69, 9.17) is 4.74 Å². The number of guanidine groups is 1. The molecule has 0 amide bonds. The fraction of sp³-hybridized carbons (Fsp3) is 0.409. The second-order valence-electron chi connectivity index (χ2n) is 7.57. The van der Waals surface area contributed by atoms with Crippen molar-refractivity contribution in [3.8, 4) is 0 Å². The SMILES string of the molecule is CN=C(NCc1cccc(S(=O)(=O)NCCOC)c1)NCC(C)(C)c1ccccc1.I. The molecule has 31 heavy (non-hydrogen) atoms. The standard InChI is InChI=1S/C22H32N4O3S.HI/c1-22(2,19-10-6-5-7-11-19)17-25-21(23-3)24-16-18-9-8-12-20(15-18)30(27,28)26-13-14-29-4;/h5-12,15,26H,13-14,16-17H2,1-4H3,(H2,23,24,25);1H. The Hall–Kier alpha value is -1.69. The maximum absolute atomic E-state index is 12.4.